The fourth-order valence-corrected chi connectivity index (χ4v) is 0.938. The first kappa shape index (κ1) is 6.05. The van der Waals surface area contributed by atoms with Crippen LogP contribution in [0.25, 0.3) is 0 Å². The zero-order chi connectivity index (χ0) is 5.98. The predicted molar refractivity (Wildman–Crippen MR) is 32.8 cm³/mol. The lowest BCUT2D eigenvalue weighted by atomic mass is 9.95. The van der Waals surface area contributed by atoms with E-state index < -0.39 is 0 Å². The van der Waals surface area contributed by atoms with E-state index in [1.807, 2.05) is 0 Å². The Balaban J connectivity index is 2.08. The quantitative estimate of drug-likeness (QED) is 0.556. The highest BCUT2D eigenvalue weighted by Gasteiger charge is 2.24. The maximum absolute atomic E-state index is 4.98. The van der Waals surface area contributed by atoms with Crippen LogP contribution in [-0.2, 0) is 4.74 Å². The molecule has 1 heterocycles. The molecule has 1 saturated heterocycles. The molecule has 2 unspecified atom stereocenters. The number of rotatable bonds is 2. The van der Waals surface area contributed by atoms with Crippen LogP contribution in [0.5, 0.6) is 0 Å². The van der Waals surface area contributed by atoms with Gasteiger partial charge in [0.2, 0.25) is 0 Å². The minimum absolute atomic E-state index is 0.676. The summed E-state index contributed by atoms with van der Waals surface area (Å²) in [7, 11) is 1.76. The Labute approximate surface area is 50.2 Å². The molecule has 2 heteroatoms. The van der Waals surface area contributed by atoms with Gasteiger partial charge in [-0.1, -0.05) is 0 Å². The van der Waals surface area contributed by atoms with E-state index in [1.165, 1.54) is 0 Å². The molecule has 0 aromatic rings. The third-order valence-corrected chi connectivity index (χ3v) is 1.79. The van der Waals surface area contributed by atoms with Crippen LogP contribution < -0.4 is 5.32 Å². The van der Waals surface area contributed by atoms with E-state index in [2.05, 4.69) is 12.2 Å². The molecule has 0 bridgehead atoms. The molecule has 2 atom stereocenters. The fourth-order valence-electron chi connectivity index (χ4n) is 0.938. The smallest absolute Gasteiger partial charge is 0.0517 e. The molecular weight excluding hydrogens is 102 g/mol. The molecule has 0 saturated carbocycles. The summed E-state index contributed by atoms with van der Waals surface area (Å²) in [6.45, 7) is 4.23. The van der Waals surface area contributed by atoms with E-state index in [1.54, 1.807) is 7.11 Å². The van der Waals surface area contributed by atoms with Gasteiger partial charge >= 0.3 is 0 Å². The molecule has 0 spiro atoms. The summed E-state index contributed by atoms with van der Waals surface area (Å²) >= 11 is 0. The van der Waals surface area contributed by atoms with Crippen LogP contribution in [0.15, 0.2) is 0 Å². The zero-order valence-corrected chi connectivity index (χ0v) is 5.48. The van der Waals surface area contributed by atoms with Gasteiger partial charge < -0.3 is 10.1 Å². The topological polar surface area (TPSA) is 21.3 Å². The number of methoxy groups -OCH3 is 1. The van der Waals surface area contributed by atoms with Crippen molar-refractivity contribution >= 4 is 0 Å². The van der Waals surface area contributed by atoms with Gasteiger partial charge in [0, 0.05) is 25.6 Å². The van der Waals surface area contributed by atoms with Gasteiger partial charge in [-0.25, -0.2) is 0 Å². The van der Waals surface area contributed by atoms with Crippen molar-refractivity contribution in [2.75, 3.05) is 20.3 Å². The molecule has 2 nitrogen and oxygen atoms in total. The van der Waals surface area contributed by atoms with E-state index in [0.717, 1.165) is 19.1 Å². The first-order valence-corrected chi connectivity index (χ1v) is 3.07. The second-order valence-electron chi connectivity index (χ2n) is 2.41. The van der Waals surface area contributed by atoms with E-state index in [0.29, 0.717) is 6.04 Å². The first-order chi connectivity index (χ1) is 3.84. The summed E-state index contributed by atoms with van der Waals surface area (Å²) in [6, 6.07) is 0.676. The lowest BCUT2D eigenvalue weighted by molar-refractivity contribution is 0.0949. The van der Waals surface area contributed by atoms with Gasteiger partial charge in [-0.05, 0) is 6.92 Å². The third kappa shape index (κ3) is 1.01. The molecule has 1 rings (SSSR count). The highest BCUT2D eigenvalue weighted by molar-refractivity contribution is 4.83. The largest absolute Gasteiger partial charge is 0.384 e. The van der Waals surface area contributed by atoms with Crippen LogP contribution in [0.4, 0.5) is 0 Å². The summed E-state index contributed by atoms with van der Waals surface area (Å²) < 4.78 is 4.98. The molecule has 1 N–H and O–H groups in total. The maximum Gasteiger partial charge on any atom is 0.0517 e. The molecule has 0 aromatic heterocycles. The Hall–Kier alpha value is -0.0800. The fraction of sp³-hybridized carbons (Fsp3) is 1.00. The maximum atomic E-state index is 4.98. The third-order valence-electron chi connectivity index (χ3n) is 1.79. The van der Waals surface area contributed by atoms with Gasteiger partial charge in [-0.2, -0.15) is 0 Å². The summed E-state index contributed by atoms with van der Waals surface area (Å²) in [5.41, 5.74) is 0. The molecular formula is C6H13NO. The summed E-state index contributed by atoms with van der Waals surface area (Å²) in [4.78, 5) is 0. The predicted octanol–water partition coefficient (Wildman–Crippen LogP) is 0.241. The number of hydrogen-bond acceptors (Lipinski definition) is 2. The van der Waals surface area contributed by atoms with Gasteiger partial charge in [0.25, 0.3) is 0 Å². The Bertz CT molecular complexity index is 74.9. The van der Waals surface area contributed by atoms with Crippen LogP contribution >= 0.6 is 0 Å². The minimum Gasteiger partial charge on any atom is -0.384 e. The van der Waals surface area contributed by atoms with Crippen molar-refractivity contribution < 1.29 is 4.74 Å². The number of hydrogen-bond donors (Lipinski definition) is 1. The first-order valence-electron chi connectivity index (χ1n) is 3.07. The monoisotopic (exact) mass is 115 g/mol. The molecule has 1 aliphatic rings. The van der Waals surface area contributed by atoms with Crippen LogP contribution in [0.1, 0.15) is 6.92 Å². The molecule has 1 fully saturated rings. The van der Waals surface area contributed by atoms with E-state index in [4.69, 9.17) is 4.74 Å². The highest BCUT2D eigenvalue weighted by atomic mass is 16.5. The Morgan fingerprint density at radius 2 is 2.50 bits per heavy atom. The van der Waals surface area contributed by atoms with E-state index in [-0.39, 0.29) is 0 Å². The molecule has 0 radical (unpaired) electrons. The SMILES string of the molecule is COCC1CNC1C. The van der Waals surface area contributed by atoms with Crippen LogP contribution in [0.2, 0.25) is 0 Å². The molecule has 8 heavy (non-hydrogen) atoms. The minimum atomic E-state index is 0.676. The molecule has 0 aliphatic carbocycles. The van der Waals surface area contributed by atoms with Gasteiger partial charge in [-0.3, -0.25) is 0 Å². The van der Waals surface area contributed by atoms with E-state index in [9.17, 15) is 0 Å². The number of nitrogens with one attached hydrogen (secondary N) is 1. The Kier molecular flexibility index (Phi) is 1.86. The standard InChI is InChI=1S/C6H13NO/c1-5-6(3-7-5)4-8-2/h5-7H,3-4H2,1-2H3. The van der Waals surface area contributed by atoms with Gasteiger partial charge in [0.15, 0.2) is 0 Å². The average Bonchev–Trinajstić information content (AvgIpc) is 1.79. The summed E-state index contributed by atoms with van der Waals surface area (Å²) in [5.74, 6) is 0.764. The van der Waals surface area contributed by atoms with Crippen LogP contribution in [0.3, 0.4) is 0 Å². The van der Waals surface area contributed by atoms with Crippen molar-refractivity contribution in [3.8, 4) is 0 Å². The second kappa shape index (κ2) is 2.46. The van der Waals surface area contributed by atoms with Crippen molar-refractivity contribution in [2.24, 2.45) is 5.92 Å². The molecule has 0 amide bonds. The summed E-state index contributed by atoms with van der Waals surface area (Å²) in [6.07, 6.45) is 0. The average molecular weight is 115 g/mol. The highest BCUT2D eigenvalue weighted by Crippen LogP contribution is 2.11. The second-order valence-corrected chi connectivity index (χ2v) is 2.41. The normalized spacial score (nSPS) is 36.8. The van der Waals surface area contributed by atoms with Crippen LogP contribution in [0, 0.1) is 5.92 Å². The summed E-state index contributed by atoms with van der Waals surface area (Å²) in [5, 5.41) is 3.26. The molecule has 48 valence electrons. The van der Waals surface area contributed by atoms with Gasteiger partial charge in [0.1, 0.15) is 0 Å². The Morgan fingerprint density at radius 1 is 1.75 bits per heavy atom. The van der Waals surface area contributed by atoms with E-state index >= 15 is 0 Å². The van der Waals surface area contributed by atoms with Crippen molar-refractivity contribution in [1.29, 1.82) is 0 Å². The van der Waals surface area contributed by atoms with Crippen molar-refractivity contribution in [2.45, 2.75) is 13.0 Å². The molecule has 1 aliphatic heterocycles. The van der Waals surface area contributed by atoms with Crippen LogP contribution in [-0.4, -0.2) is 26.3 Å². The lowest BCUT2D eigenvalue weighted by Crippen LogP contribution is -2.52. The van der Waals surface area contributed by atoms with Gasteiger partial charge in [-0.15, -0.1) is 0 Å². The van der Waals surface area contributed by atoms with Gasteiger partial charge in [0.05, 0.1) is 6.61 Å². The molecule has 0 aromatic carbocycles. The van der Waals surface area contributed by atoms with Crippen molar-refractivity contribution in [3.05, 3.63) is 0 Å². The lowest BCUT2D eigenvalue weighted by Gasteiger charge is -2.34. The van der Waals surface area contributed by atoms with Crippen molar-refractivity contribution in [1.82, 2.24) is 5.32 Å². The number of ether oxygens (including phenoxy) is 1. The zero-order valence-electron chi connectivity index (χ0n) is 5.48. The van der Waals surface area contributed by atoms with Crippen molar-refractivity contribution in [3.63, 3.8) is 0 Å². The Morgan fingerprint density at radius 3 is 2.62 bits per heavy atom.